The van der Waals surface area contributed by atoms with Crippen LogP contribution in [0.2, 0.25) is 0 Å². The van der Waals surface area contributed by atoms with E-state index in [0.29, 0.717) is 18.0 Å². The van der Waals surface area contributed by atoms with Crippen molar-refractivity contribution in [1.82, 2.24) is 0 Å². The van der Waals surface area contributed by atoms with Gasteiger partial charge in [-0.2, -0.15) is 0 Å². The minimum atomic E-state index is 0.387. The topological polar surface area (TPSA) is 38.3 Å². The molecule has 2 aliphatic heterocycles. The predicted molar refractivity (Wildman–Crippen MR) is 93.9 cm³/mol. The molecule has 1 aromatic carbocycles. The Balaban J connectivity index is 1.53. The van der Waals surface area contributed by atoms with Crippen LogP contribution in [-0.4, -0.2) is 49.5 Å². The van der Waals surface area contributed by atoms with Gasteiger partial charge in [0.25, 0.3) is 0 Å². The van der Waals surface area contributed by atoms with E-state index in [1.807, 2.05) is 12.1 Å². The molecule has 0 saturated carbocycles. The lowest BCUT2D eigenvalue weighted by atomic mass is 10.0. The monoisotopic (exact) mass is 384 g/mol. The maximum Gasteiger partial charge on any atom is 0.124 e. The van der Waals surface area contributed by atoms with Gasteiger partial charge in [-0.05, 0) is 32.0 Å². The number of ether oxygens (including phenoxy) is 1. The van der Waals surface area contributed by atoms with Crippen LogP contribution in [0.3, 0.4) is 0 Å². The van der Waals surface area contributed by atoms with Gasteiger partial charge in [0, 0.05) is 22.9 Å². The molecule has 1 unspecified atom stereocenters. The summed E-state index contributed by atoms with van der Waals surface area (Å²) >= 11 is 3.50. The number of nitrogens with one attached hydrogen (secondary N) is 2. The van der Waals surface area contributed by atoms with Crippen LogP contribution in [0.15, 0.2) is 22.7 Å². The van der Waals surface area contributed by atoms with Gasteiger partial charge in [-0.3, -0.25) is 0 Å². The molecule has 0 bridgehead atoms. The van der Waals surface area contributed by atoms with E-state index in [0.717, 1.165) is 35.7 Å². The zero-order valence-corrected chi connectivity index (χ0v) is 15.7. The fraction of sp³-hybridized carbons (Fsp3) is 0.667. The number of phenolic OH excluding ortho intramolecular Hbond substituents is 1. The zero-order chi connectivity index (χ0) is 16.4. The van der Waals surface area contributed by atoms with Gasteiger partial charge in [-0.1, -0.05) is 15.9 Å². The van der Waals surface area contributed by atoms with Crippen molar-refractivity contribution < 1.29 is 19.6 Å². The summed E-state index contributed by atoms with van der Waals surface area (Å²) in [7, 11) is 0. The molecule has 0 radical (unpaired) electrons. The number of hydrogen-bond donors (Lipinski definition) is 3. The fourth-order valence-corrected chi connectivity index (χ4v) is 4.63. The third-order valence-corrected chi connectivity index (χ3v) is 5.81. The molecule has 0 aromatic heterocycles. The third kappa shape index (κ3) is 4.47. The first-order valence-electron chi connectivity index (χ1n) is 8.82. The summed E-state index contributed by atoms with van der Waals surface area (Å²) in [4.78, 5) is 3.32. The minimum Gasteiger partial charge on any atom is -0.507 e. The van der Waals surface area contributed by atoms with Crippen LogP contribution in [-0.2, 0) is 11.3 Å². The van der Waals surface area contributed by atoms with Crippen molar-refractivity contribution >= 4 is 15.9 Å². The van der Waals surface area contributed by atoms with E-state index in [1.54, 1.807) is 15.9 Å². The number of halogens is 1. The smallest absolute Gasteiger partial charge is 0.124 e. The van der Waals surface area contributed by atoms with E-state index < -0.39 is 0 Å². The number of aromatic hydroxyl groups is 1. The fourth-order valence-electron chi connectivity index (χ4n) is 4.22. The normalized spacial score (nSPS) is 35.2. The Bertz CT molecular complexity index is 522. The highest BCUT2D eigenvalue weighted by atomic mass is 79.9. The lowest BCUT2D eigenvalue weighted by Crippen LogP contribution is -3.22. The van der Waals surface area contributed by atoms with Crippen molar-refractivity contribution in [2.75, 3.05) is 26.2 Å². The van der Waals surface area contributed by atoms with Gasteiger partial charge in [-0.15, -0.1) is 0 Å². The van der Waals surface area contributed by atoms with E-state index >= 15 is 0 Å². The highest BCUT2D eigenvalue weighted by molar-refractivity contribution is 9.10. The predicted octanol–water partition coefficient (Wildman–Crippen LogP) is 0.394. The van der Waals surface area contributed by atoms with Gasteiger partial charge in [-0.25, -0.2) is 0 Å². The lowest BCUT2D eigenvalue weighted by molar-refractivity contribution is -0.970. The van der Waals surface area contributed by atoms with Crippen molar-refractivity contribution in [2.24, 2.45) is 0 Å². The molecule has 2 aliphatic rings. The summed E-state index contributed by atoms with van der Waals surface area (Å²) in [5.41, 5.74) is 1.05. The van der Waals surface area contributed by atoms with Crippen molar-refractivity contribution in [3.63, 3.8) is 0 Å². The number of piperidine rings is 1. The van der Waals surface area contributed by atoms with E-state index in [-0.39, 0.29) is 0 Å². The Labute approximate surface area is 147 Å². The summed E-state index contributed by atoms with van der Waals surface area (Å²) in [6, 6.07) is 6.51. The molecule has 128 valence electrons. The number of phenols is 1. The van der Waals surface area contributed by atoms with Crippen LogP contribution in [0.4, 0.5) is 0 Å². The summed E-state index contributed by atoms with van der Waals surface area (Å²) in [5.74, 6) is 0.421. The second kappa shape index (κ2) is 7.51. The molecule has 3 N–H and O–H groups in total. The molecule has 5 heteroatoms. The number of morpholine rings is 1. The second-order valence-corrected chi connectivity index (χ2v) is 8.21. The SMILES string of the molecule is C[C@@H]1C[NH+](C2CC[NH+](Cc3cc(Br)ccc3O)CC2)C[C@H](C)O1. The summed E-state index contributed by atoms with van der Waals surface area (Å²) in [6.45, 7) is 10.0. The van der Waals surface area contributed by atoms with Gasteiger partial charge in [0.2, 0.25) is 0 Å². The third-order valence-electron chi connectivity index (χ3n) is 5.32. The molecule has 1 aromatic rings. The van der Waals surface area contributed by atoms with E-state index in [2.05, 4.69) is 29.8 Å². The molecule has 3 rings (SSSR count). The van der Waals surface area contributed by atoms with Crippen LogP contribution in [0.5, 0.6) is 5.75 Å². The van der Waals surface area contributed by atoms with Crippen LogP contribution in [0, 0.1) is 0 Å². The maximum atomic E-state index is 10.0. The standard InChI is InChI=1S/C18H27BrN2O2/c1-13-10-21(11-14(2)23-13)17-5-7-20(8-6-17)12-15-9-16(19)3-4-18(15)22/h3-4,9,13-14,17,22H,5-8,10-12H2,1-2H3/p+2/t13-,14+. The highest BCUT2D eigenvalue weighted by Crippen LogP contribution is 2.21. The highest BCUT2D eigenvalue weighted by Gasteiger charge is 2.35. The molecular formula is C18H29BrN2O2+2. The van der Waals surface area contributed by atoms with Gasteiger partial charge >= 0.3 is 0 Å². The van der Waals surface area contributed by atoms with E-state index in [1.165, 1.54) is 25.9 Å². The molecule has 0 aliphatic carbocycles. The number of rotatable bonds is 3. The minimum absolute atomic E-state index is 0.387. The van der Waals surface area contributed by atoms with Crippen LogP contribution in [0.1, 0.15) is 32.3 Å². The quantitative estimate of drug-likeness (QED) is 0.705. The van der Waals surface area contributed by atoms with Gasteiger partial charge in [0.1, 0.15) is 37.6 Å². The molecule has 0 amide bonds. The molecule has 2 fully saturated rings. The number of benzene rings is 1. The Morgan fingerprint density at radius 3 is 2.48 bits per heavy atom. The van der Waals surface area contributed by atoms with Crippen molar-refractivity contribution in [1.29, 1.82) is 0 Å². The summed E-state index contributed by atoms with van der Waals surface area (Å²) in [6.07, 6.45) is 3.33. The Morgan fingerprint density at radius 2 is 1.83 bits per heavy atom. The van der Waals surface area contributed by atoms with Gasteiger partial charge in [0.15, 0.2) is 0 Å². The average molecular weight is 385 g/mol. The lowest BCUT2D eigenvalue weighted by Gasteiger charge is -2.39. The Morgan fingerprint density at radius 1 is 1.17 bits per heavy atom. The molecule has 4 nitrogen and oxygen atoms in total. The number of hydrogen-bond acceptors (Lipinski definition) is 2. The molecule has 3 atom stereocenters. The van der Waals surface area contributed by atoms with E-state index in [9.17, 15) is 5.11 Å². The summed E-state index contributed by atoms with van der Waals surface area (Å²) in [5, 5.41) is 10.0. The summed E-state index contributed by atoms with van der Waals surface area (Å²) < 4.78 is 6.92. The first kappa shape index (κ1) is 17.2. The van der Waals surface area contributed by atoms with Crippen molar-refractivity contribution in [3.05, 3.63) is 28.2 Å². The Hall–Kier alpha value is -0.620. The van der Waals surface area contributed by atoms with Crippen molar-refractivity contribution in [2.45, 2.75) is 51.5 Å². The number of likely N-dealkylation sites (tertiary alicyclic amines) is 1. The first-order valence-corrected chi connectivity index (χ1v) is 9.61. The van der Waals surface area contributed by atoms with Gasteiger partial charge in [0.05, 0.1) is 19.1 Å². The molecular weight excluding hydrogens is 356 g/mol. The average Bonchev–Trinajstić information content (AvgIpc) is 2.51. The van der Waals surface area contributed by atoms with E-state index in [4.69, 9.17) is 4.74 Å². The van der Waals surface area contributed by atoms with Crippen molar-refractivity contribution in [3.8, 4) is 5.75 Å². The Kier molecular flexibility index (Phi) is 5.62. The molecule has 2 heterocycles. The zero-order valence-electron chi connectivity index (χ0n) is 14.1. The molecule has 2 saturated heterocycles. The second-order valence-electron chi connectivity index (χ2n) is 7.30. The van der Waals surface area contributed by atoms with Crippen LogP contribution >= 0.6 is 15.9 Å². The maximum absolute atomic E-state index is 10.0. The van der Waals surface area contributed by atoms with Gasteiger partial charge < -0.3 is 19.6 Å². The number of quaternary nitrogens is 2. The van der Waals surface area contributed by atoms with Crippen LogP contribution in [0.25, 0.3) is 0 Å². The molecule has 0 spiro atoms. The van der Waals surface area contributed by atoms with Crippen LogP contribution < -0.4 is 9.80 Å². The first-order chi connectivity index (χ1) is 11.0. The molecule has 23 heavy (non-hydrogen) atoms. The largest absolute Gasteiger partial charge is 0.507 e.